The first-order chi connectivity index (χ1) is 14.0. The zero-order valence-electron chi connectivity index (χ0n) is 17.6. The molecule has 1 aromatic carbocycles. The molecular formula is C23H34N2O3S. The molecule has 2 saturated carbocycles. The summed E-state index contributed by atoms with van der Waals surface area (Å²) >= 11 is 0. The van der Waals surface area contributed by atoms with Crippen LogP contribution < -0.4 is 0 Å². The Morgan fingerprint density at radius 3 is 1.90 bits per heavy atom. The Morgan fingerprint density at radius 1 is 0.862 bits per heavy atom. The lowest BCUT2D eigenvalue weighted by Gasteiger charge is -2.36. The van der Waals surface area contributed by atoms with Gasteiger partial charge in [0.05, 0.1) is 4.90 Å². The Balaban J connectivity index is 1.49. The quantitative estimate of drug-likeness (QED) is 0.710. The summed E-state index contributed by atoms with van der Waals surface area (Å²) in [5.74, 6) is 0.830. The van der Waals surface area contributed by atoms with E-state index in [1.165, 1.54) is 12.8 Å². The highest BCUT2D eigenvalue weighted by Gasteiger charge is 2.38. The average molecular weight is 419 g/mol. The molecular weight excluding hydrogens is 384 g/mol. The predicted molar refractivity (Wildman–Crippen MR) is 114 cm³/mol. The predicted octanol–water partition coefficient (Wildman–Crippen LogP) is 4.43. The van der Waals surface area contributed by atoms with Crippen LogP contribution >= 0.6 is 0 Å². The molecule has 1 saturated heterocycles. The summed E-state index contributed by atoms with van der Waals surface area (Å²) in [7, 11) is -3.47. The van der Waals surface area contributed by atoms with E-state index >= 15 is 0 Å². The maximum absolute atomic E-state index is 13.3. The van der Waals surface area contributed by atoms with Crippen LogP contribution in [-0.2, 0) is 10.0 Å². The molecule has 0 spiro atoms. The Hall–Kier alpha value is -1.40. The second-order valence-corrected chi connectivity index (χ2v) is 11.1. The molecule has 3 aliphatic rings. The third-order valence-corrected chi connectivity index (χ3v) is 8.77. The summed E-state index contributed by atoms with van der Waals surface area (Å²) in [6, 6.07) is 7.40. The number of rotatable bonds is 5. The fraction of sp³-hybridized carbons (Fsp3) is 0.696. The minimum atomic E-state index is -3.47. The molecule has 6 heteroatoms. The van der Waals surface area contributed by atoms with E-state index in [1.807, 2.05) is 0 Å². The Morgan fingerprint density at radius 2 is 1.38 bits per heavy atom. The van der Waals surface area contributed by atoms with E-state index in [-0.39, 0.29) is 5.91 Å². The number of benzene rings is 1. The molecule has 0 radical (unpaired) electrons. The molecule has 0 bridgehead atoms. The molecule has 2 aliphatic carbocycles. The normalized spacial score (nSPS) is 26.7. The molecule has 0 aromatic heterocycles. The average Bonchev–Trinajstić information content (AvgIpc) is 3.57. The van der Waals surface area contributed by atoms with Crippen molar-refractivity contribution in [3.05, 3.63) is 29.8 Å². The van der Waals surface area contributed by atoms with Gasteiger partial charge in [0.2, 0.25) is 10.0 Å². The molecule has 0 N–H and O–H groups in total. The lowest BCUT2D eigenvalue weighted by atomic mass is 9.86. The van der Waals surface area contributed by atoms with E-state index < -0.39 is 10.0 Å². The van der Waals surface area contributed by atoms with Crippen molar-refractivity contribution in [1.82, 2.24) is 9.21 Å². The minimum absolute atomic E-state index is 0.0748. The van der Waals surface area contributed by atoms with Gasteiger partial charge in [-0.15, -0.1) is 0 Å². The summed E-state index contributed by atoms with van der Waals surface area (Å²) in [4.78, 5) is 15.7. The number of sulfonamides is 1. The van der Waals surface area contributed by atoms with Gasteiger partial charge in [0, 0.05) is 30.7 Å². The molecule has 1 aliphatic heterocycles. The zero-order valence-corrected chi connectivity index (χ0v) is 18.4. The topological polar surface area (TPSA) is 57.7 Å². The first-order valence-electron chi connectivity index (χ1n) is 11.4. The van der Waals surface area contributed by atoms with Gasteiger partial charge in [-0.3, -0.25) is 4.79 Å². The second kappa shape index (κ2) is 8.76. The molecule has 1 heterocycles. The van der Waals surface area contributed by atoms with Gasteiger partial charge in [-0.1, -0.05) is 19.8 Å². The van der Waals surface area contributed by atoms with E-state index in [4.69, 9.17) is 0 Å². The molecule has 1 aromatic rings. The minimum Gasteiger partial charge on any atom is -0.333 e. The first kappa shape index (κ1) is 20.9. The smallest absolute Gasteiger partial charge is 0.254 e. The van der Waals surface area contributed by atoms with Crippen molar-refractivity contribution < 1.29 is 13.2 Å². The maximum Gasteiger partial charge on any atom is 0.254 e. The number of hydrogen-bond donors (Lipinski definition) is 0. The molecule has 4 rings (SSSR count). The van der Waals surface area contributed by atoms with Crippen molar-refractivity contribution in [3.8, 4) is 0 Å². The van der Waals surface area contributed by atoms with Gasteiger partial charge in [0.15, 0.2) is 0 Å². The summed E-state index contributed by atoms with van der Waals surface area (Å²) in [5, 5.41) is 0. The second-order valence-electron chi connectivity index (χ2n) is 9.20. The number of hydrogen-bond acceptors (Lipinski definition) is 3. The van der Waals surface area contributed by atoms with Crippen LogP contribution in [0.5, 0.6) is 0 Å². The third-order valence-electron chi connectivity index (χ3n) is 6.86. The van der Waals surface area contributed by atoms with Crippen LogP contribution in [0, 0.1) is 5.92 Å². The SMILES string of the molecule is CC1CCC(N(C(=O)c2ccc(S(=O)(=O)N3CCCCCC3)cc2)C2CC2)CC1. The summed E-state index contributed by atoms with van der Waals surface area (Å²) in [6.45, 7) is 3.49. The Kier molecular flexibility index (Phi) is 6.30. The lowest BCUT2D eigenvalue weighted by Crippen LogP contribution is -2.43. The van der Waals surface area contributed by atoms with E-state index in [1.54, 1.807) is 28.6 Å². The van der Waals surface area contributed by atoms with Gasteiger partial charge in [-0.2, -0.15) is 4.31 Å². The van der Waals surface area contributed by atoms with Crippen LogP contribution in [0.25, 0.3) is 0 Å². The van der Waals surface area contributed by atoms with Crippen LogP contribution in [0.4, 0.5) is 0 Å². The van der Waals surface area contributed by atoms with Gasteiger partial charge in [0.25, 0.3) is 5.91 Å². The largest absolute Gasteiger partial charge is 0.333 e. The van der Waals surface area contributed by atoms with Gasteiger partial charge in [-0.25, -0.2) is 8.42 Å². The number of nitrogens with zero attached hydrogens (tertiary/aromatic N) is 2. The molecule has 3 fully saturated rings. The van der Waals surface area contributed by atoms with Crippen molar-refractivity contribution in [2.45, 2.75) is 88.1 Å². The van der Waals surface area contributed by atoms with Crippen LogP contribution in [-0.4, -0.2) is 48.7 Å². The van der Waals surface area contributed by atoms with Gasteiger partial charge in [0.1, 0.15) is 0 Å². The highest BCUT2D eigenvalue weighted by Crippen LogP contribution is 2.36. The Bertz CT molecular complexity index is 801. The fourth-order valence-corrected chi connectivity index (χ4v) is 6.37. The van der Waals surface area contributed by atoms with E-state index in [0.717, 1.165) is 57.3 Å². The maximum atomic E-state index is 13.3. The van der Waals surface area contributed by atoms with Crippen molar-refractivity contribution in [2.24, 2.45) is 5.92 Å². The highest BCUT2D eigenvalue weighted by atomic mass is 32.2. The number of carbonyl (C=O) groups excluding carboxylic acids is 1. The van der Waals surface area contributed by atoms with Crippen LogP contribution in [0.1, 0.15) is 81.5 Å². The Labute approximate surface area is 175 Å². The summed E-state index contributed by atoms with van der Waals surface area (Å²) in [5.41, 5.74) is 0.616. The first-order valence-corrected chi connectivity index (χ1v) is 12.8. The number of carbonyl (C=O) groups is 1. The van der Waals surface area contributed by atoms with Crippen LogP contribution in [0.15, 0.2) is 29.2 Å². The monoisotopic (exact) mass is 418 g/mol. The zero-order chi connectivity index (χ0) is 20.4. The van der Waals surface area contributed by atoms with Gasteiger partial charge in [-0.05, 0) is 81.5 Å². The van der Waals surface area contributed by atoms with Gasteiger partial charge < -0.3 is 4.90 Å². The van der Waals surface area contributed by atoms with E-state index in [9.17, 15) is 13.2 Å². The van der Waals surface area contributed by atoms with Crippen LogP contribution in [0.2, 0.25) is 0 Å². The molecule has 1 amide bonds. The number of amides is 1. The van der Waals surface area contributed by atoms with Crippen molar-refractivity contribution in [2.75, 3.05) is 13.1 Å². The van der Waals surface area contributed by atoms with Crippen molar-refractivity contribution >= 4 is 15.9 Å². The van der Waals surface area contributed by atoms with Crippen LogP contribution in [0.3, 0.4) is 0 Å². The standard InChI is InChI=1S/C23H34N2O3S/c1-18-6-10-20(11-7-18)25(21-12-13-21)23(26)19-8-14-22(15-9-19)29(27,28)24-16-4-2-3-5-17-24/h8-9,14-15,18,20-21H,2-7,10-13,16-17H2,1H3. The summed E-state index contributed by atoms with van der Waals surface area (Å²) < 4.78 is 27.6. The molecule has 160 valence electrons. The summed E-state index contributed by atoms with van der Waals surface area (Å²) in [6.07, 6.45) is 10.8. The molecule has 29 heavy (non-hydrogen) atoms. The van der Waals surface area contributed by atoms with Crippen molar-refractivity contribution in [1.29, 1.82) is 0 Å². The lowest BCUT2D eigenvalue weighted by molar-refractivity contribution is 0.0593. The highest BCUT2D eigenvalue weighted by molar-refractivity contribution is 7.89. The van der Waals surface area contributed by atoms with Gasteiger partial charge >= 0.3 is 0 Å². The van der Waals surface area contributed by atoms with Crippen molar-refractivity contribution in [3.63, 3.8) is 0 Å². The third kappa shape index (κ3) is 4.69. The molecule has 0 atom stereocenters. The molecule has 5 nitrogen and oxygen atoms in total. The van der Waals surface area contributed by atoms with E-state index in [0.29, 0.717) is 35.6 Å². The van der Waals surface area contributed by atoms with E-state index in [2.05, 4.69) is 11.8 Å². The molecule has 0 unspecified atom stereocenters. The fourth-order valence-electron chi connectivity index (χ4n) is 4.85.